The average Bonchev–Trinajstić information content (AvgIpc) is 2.56. The zero-order valence-corrected chi connectivity index (χ0v) is 13.8. The molecule has 0 aromatic heterocycles. The van der Waals surface area contributed by atoms with E-state index in [4.69, 9.17) is 4.43 Å². The zero-order valence-electron chi connectivity index (χ0n) is 10.6. The van der Waals surface area contributed by atoms with Crippen LogP contribution in [-0.2, 0) is 4.43 Å². The molecule has 0 aromatic rings. The van der Waals surface area contributed by atoms with Crippen molar-refractivity contribution >= 4 is 30.9 Å². The van der Waals surface area contributed by atoms with Gasteiger partial charge in [0.05, 0.1) is 6.10 Å². The Balaban J connectivity index is 2.41. The van der Waals surface area contributed by atoms with Crippen LogP contribution in [0.4, 0.5) is 4.39 Å². The number of rotatable bonds is 6. The molecule has 0 saturated heterocycles. The van der Waals surface area contributed by atoms with E-state index in [1.807, 2.05) is 0 Å². The molecular weight excluding hydrogens is 334 g/mol. The van der Waals surface area contributed by atoms with Crippen LogP contribution >= 0.6 is 22.6 Å². The van der Waals surface area contributed by atoms with E-state index >= 15 is 0 Å². The van der Waals surface area contributed by atoms with Crippen molar-refractivity contribution in [2.24, 2.45) is 5.92 Å². The molecule has 1 fully saturated rings. The van der Waals surface area contributed by atoms with E-state index in [9.17, 15) is 4.39 Å². The summed E-state index contributed by atoms with van der Waals surface area (Å²) in [6, 6.07) is 1.17. The van der Waals surface area contributed by atoms with Gasteiger partial charge < -0.3 is 4.43 Å². The third-order valence-electron chi connectivity index (χ3n) is 3.35. The van der Waals surface area contributed by atoms with Gasteiger partial charge in [0, 0.05) is 4.43 Å². The fraction of sp³-hybridized carbons (Fsp3) is 1.00. The smallest absolute Gasteiger partial charge is 0.187 e. The van der Waals surface area contributed by atoms with Gasteiger partial charge in [-0.2, -0.15) is 0 Å². The lowest BCUT2D eigenvalue weighted by Crippen LogP contribution is -2.37. The summed E-state index contributed by atoms with van der Waals surface area (Å²) in [6.45, 7) is 6.66. The Morgan fingerprint density at radius 2 is 2.06 bits per heavy atom. The fourth-order valence-corrected chi connectivity index (χ4v) is 5.47. The molecule has 0 spiro atoms. The van der Waals surface area contributed by atoms with Crippen molar-refractivity contribution in [2.45, 2.75) is 64.0 Å². The lowest BCUT2D eigenvalue weighted by Gasteiger charge is -2.28. The van der Waals surface area contributed by atoms with Crippen LogP contribution in [0.25, 0.3) is 0 Å². The van der Waals surface area contributed by atoms with Crippen LogP contribution in [-0.4, -0.2) is 25.0 Å². The van der Waals surface area contributed by atoms with Crippen molar-refractivity contribution in [1.82, 2.24) is 0 Å². The third kappa shape index (κ3) is 4.60. The van der Waals surface area contributed by atoms with E-state index in [-0.39, 0.29) is 6.10 Å². The van der Waals surface area contributed by atoms with Gasteiger partial charge in [0.25, 0.3) is 0 Å². The van der Waals surface area contributed by atoms with Gasteiger partial charge in [-0.1, -0.05) is 42.4 Å². The van der Waals surface area contributed by atoms with Gasteiger partial charge in [0.2, 0.25) is 0 Å². The summed E-state index contributed by atoms with van der Waals surface area (Å²) >= 11 is 2.36. The summed E-state index contributed by atoms with van der Waals surface area (Å²) in [5, 5.41) is 0. The van der Waals surface area contributed by atoms with Crippen LogP contribution in [0.15, 0.2) is 0 Å². The second-order valence-electron chi connectivity index (χ2n) is 5.53. The maximum absolute atomic E-state index is 13.8. The summed E-state index contributed by atoms with van der Waals surface area (Å²) in [6.07, 6.45) is 3.27. The first-order valence-corrected chi connectivity index (χ1v) is 11.0. The lowest BCUT2D eigenvalue weighted by molar-refractivity contribution is 0.117. The quantitative estimate of drug-likeness (QED) is 0.384. The molecule has 96 valence electrons. The summed E-state index contributed by atoms with van der Waals surface area (Å²) < 4.78 is 20.9. The Labute approximate surface area is 114 Å². The Kier molecular flexibility index (Phi) is 6.22. The molecule has 1 saturated carbocycles. The van der Waals surface area contributed by atoms with Crippen molar-refractivity contribution in [3.05, 3.63) is 0 Å². The predicted octanol–water partition coefficient (Wildman–Crippen LogP) is 4.56. The number of hydrogen-bond donors (Lipinski definition) is 0. The van der Waals surface area contributed by atoms with Gasteiger partial charge in [0.1, 0.15) is 6.17 Å². The molecule has 4 heteroatoms. The average molecular weight is 358 g/mol. The highest BCUT2D eigenvalue weighted by molar-refractivity contribution is 14.1. The van der Waals surface area contributed by atoms with Gasteiger partial charge in [0.15, 0.2) is 8.32 Å². The Morgan fingerprint density at radius 1 is 1.38 bits per heavy atom. The molecule has 3 atom stereocenters. The van der Waals surface area contributed by atoms with Crippen LogP contribution in [0.5, 0.6) is 0 Å². The molecule has 0 amide bonds. The summed E-state index contributed by atoms with van der Waals surface area (Å²) in [5.74, 6) is 0.538. The molecule has 1 rings (SSSR count). The minimum Gasteiger partial charge on any atom is -0.411 e. The summed E-state index contributed by atoms with van der Waals surface area (Å²) in [7, 11) is -1.62. The molecule has 16 heavy (non-hydrogen) atoms. The molecular formula is C12H24FIOSi. The second kappa shape index (κ2) is 6.68. The van der Waals surface area contributed by atoms with Crippen molar-refractivity contribution in [3.63, 3.8) is 0 Å². The minimum atomic E-state index is -1.62. The monoisotopic (exact) mass is 358 g/mol. The highest BCUT2D eigenvalue weighted by atomic mass is 127. The van der Waals surface area contributed by atoms with Crippen LogP contribution in [0, 0.1) is 5.92 Å². The van der Waals surface area contributed by atoms with Crippen molar-refractivity contribution in [3.8, 4) is 0 Å². The van der Waals surface area contributed by atoms with E-state index in [1.165, 1.54) is 18.9 Å². The highest BCUT2D eigenvalue weighted by Gasteiger charge is 2.38. The van der Waals surface area contributed by atoms with Crippen LogP contribution in [0.2, 0.25) is 19.1 Å². The van der Waals surface area contributed by atoms with Gasteiger partial charge in [-0.3, -0.25) is 0 Å². The molecule has 1 aliphatic rings. The normalized spacial score (nSPS) is 30.9. The van der Waals surface area contributed by atoms with Crippen LogP contribution < -0.4 is 0 Å². The van der Waals surface area contributed by atoms with Crippen LogP contribution in [0.1, 0.15) is 32.6 Å². The number of halogens is 2. The second-order valence-corrected chi connectivity index (χ2v) is 10.7. The summed E-state index contributed by atoms with van der Waals surface area (Å²) in [4.78, 5) is 0. The molecule has 0 aliphatic heterocycles. The zero-order chi connectivity index (χ0) is 12.2. The molecule has 1 aliphatic carbocycles. The Hall–Kier alpha value is 0.837. The standard InChI is InChI=1S/C12H24FIOSi/c1-4-5-6-16(2,3)15-12-8-10(9-14)7-11(12)13/h10-12H,4-9H2,1-3H3/t10-,11+,12+/m0/s1. The molecule has 0 heterocycles. The van der Waals surface area contributed by atoms with E-state index in [0.29, 0.717) is 12.3 Å². The van der Waals surface area contributed by atoms with E-state index in [1.54, 1.807) is 0 Å². The van der Waals surface area contributed by atoms with Crippen LogP contribution in [0.3, 0.4) is 0 Å². The van der Waals surface area contributed by atoms with E-state index in [2.05, 4.69) is 42.6 Å². The van der Waals surface area contributed by atoms with Gasteiger partial charge >= 0.3 is 0 Å². The predicted molar refractivity (Wildman–Crippen MR) is 78.6 cm³/mol. The van der Waals surface area contributed by atoms with Gasteiger partial charge in [-0.25, -0.2) is 4.39 Å². The van der Waals surface area contributed by atoms with Crippen molar-refractivity contribution in [2.75, 3.05) is 4.43 Å². The first-order valence-electron chi connectivity index (χ1n) is 6.36. The van der Waals surface area contributed by atoms with E-state index in [0.717, 1.165) is 10.8 Å². The van der Waals surface area contributed by atoms with Crippen molar-refractivity contribution in [1.29, 1.82) is 0 Å². The first kappa shape index (κ1) is 14.9. The number of unbranched alkanes of at least 4 members (excludes halogenated alkanes) is 1. The number of alkyl halides is 2. The van der Waals surface area contributed by atoms with Gasteiger partial charge in [-0.15, -0.1) is 0 Å². The van der Waals surface area contributed by atoms with Gasteiger partial charge in [-0.05, 0) is 37.9 Å². The lowest BCUT2D eigenvalue weighted by atomic mass is 10.1. The molecule has 1 nitrogen and oxygen atoms in total. The molecule has 0 N–H and O–H groups in total. The molecule has 0 aromatic carbocycles. The third-order valence-corrected chi connectivity index (χ3v) is 7.09. The maximum atomic E-state index is 13.8. The highest BCUT2D eigenvalue weighted by Crippen LogP contribution is 2.34. The van der Waals surface area contributed by atoms with Crippen molar-refractivity contribution < 1.29 is 8.82 Å². The Bertz CT molecular complexity index is 213. The molecule has 0 bridgehead atoms. The fourth-order valence-electron chi connectivity index (χ4n) is 2.36. The SMILES string of the molecule is CCCC[Si](C)(C)O[C@@H]1C[C@@H](CI)C[C@H]1F. The topological polar surface area (TPSA) is 9.23 Å². The largest absolute Gasteiger partial charge is 0.411 e. The number of hydrogen-bond acceptors (Lipinski definition) is 1. The minimum absolute atomic E-state index is 0.0988. The Morgan fingerprint density at radius 3 is 2.56 bits per heavy atom. The molecule has 0 radical (unpaired) electrons. The van der Waals surface area contributed by atoms with E-state index < -0.39 is 14.5 Å². The summed E-state index contributed by atoms with van der Waals surface area (Å²) in [5.41, 5.74) is 0. The first-order chi connectivity index (χ1) is 7.48. The maximum Gasteiger partial charge on any atom is 0.187 e. The molecule has 0 unspecified atom stereocenters.